The molecule has 1 N–H and O–H groups in total. The van der Waals surface area contributed by atoms with Crippen LogP contribution in [0.5, 0.6) is 0 Å². The zero-order valence-electron chi connectivity index (χ0n) is 12.0. The van der Waals surface area contributed by atoms with Gasteiger partial charge in [-0.05, 0) is 24.0 Å². The van der Waals surface area contributed by atoms with Gasteiger partial charge in [-0.1, -0.05) is 32.4 Å². The predicted molar refractivity (Wildman–Crippen MR) is 79.3 cm³/mol. The van der Waals surface area contributed by atoms with Crippen LogP contribution in [-0.2, 0) is 0 Å². The van der Waals surface area contributed by atoms with Crippen LogP contribution in [0.4, 0.5) is 0 Å². The minimum atomic E-state index is -0.984. The molecule has 5 heteroatoms. The number of aromatic carboxylic acids is 1. The van der Waals surface area contributed by atoms with E-state index < -0.39 is 5.97 Å². The summed E-state index contributed by atoms with van der Waals surface area (Å²) in [6.45, 7) is 7.83. The Morgan fingerprint density at radius 2 is 1.90 bits per heavy atom. The molecule has 4 nitrogen and oxygen atoms in total. The van der Waals surface area contributed by atoms with Crippen LogP contribution in [0, 0.1) is 5.41 Å². The van der Waals surface area contributed by atoms with E-state index in [1.54, 1.807) is 11.0 Å². The first-order valence-electron chi connectivity index (χ1n) is 6.61. The van der Waals surface area contributed by atoms with E-state index in [2.05, 4.69) is 26.8 Å². The van der Waals surface area contributed by atoms with Gasteiger partial charge in [-0.15, -0.1) is 11.3 Å². The average Bonchev–Trinajstić information content (AvgIpc) is 2.86. The van der Waals surface area contributed by atoms with E-state index in [1.807, 2.05) is 0 Å². The summed E-state index contributed by atoms with van der Waals surface area (Å²) in [5.41, 5.74) is 1.52. The smallest absolute Gasteiger partial charge is 0.345 e. The lowest BCUT2D eigenvalue weighted by Gasteiger charge is -2.32. The van der Waals surface area contributed by atoms with E-state index in [-0.39, 0.29) is 16.2 Å². The van der Waals surface area contributed by atoms with E-state index in [4.69, 9.17) is 5.11 Å². The van der Waals surface area contributed by atoms with Gasteiger partial charge in [-0.2, -0.15) is 0 Å². The van der Waals surface area contributed by atoms with Crippen LogP contribution >= 0.6 is 11.3 Å². The SMILES string of the molecule is CC(C)(C)C1=CCN(C(=O)c2ccc(C(=O)O)s2)CC1. The molecule has 0 aliphatic carbocycles. The summed E-state index contributed by atoms with van der Waals surface area (Å²) in [6.07, 6.45) is 3.00. The van der Waals surface area contributed by atoms with E-state index in [9.17, 15) is 9.59 Å². The van der Waals surface area contributed by atoms with E-state index >= 15 is 0 Å². The molecule has 0 bridgehead atoms. The lowest BCUT2D eigenvalue weighted by molar-refractivity contribution is 0.0701. The van der Waals surface area contributed by atoms with Crippen LogP contribution < -0.4 is 0 Å². The molecule has 1 aliphatic heterocycles. The van der Waals surface area contributed by atoms with Gasteiger partial charge >= 0.3 is 5.97 Å². The second-order valence-corrected chi connectivity index (χ2v) is 7.03. The van der Waals surface area contributed by atoms with E-state index in [0.29, 0.717) is 18.0 Å². The van der Waals surface area contributed by atoms with Crippen molar-refractivity contribution in [2.24, 2.45) is 5.41 Å². The fourth-order valence-electron chi connectivity index (χ4n) is 2.26. The lowest BCUT2D eigenvalue weighted by atomic mass is 9.83. The molecule has 0 atom stereocenters. The first-order valence-corrected chi connectivity index (χ1v) is 7.42. The highest BCUT2D eigenvalue weighted by Gasteiger charge is 2.25. The Morgan fingerprint density at radius 3 is 2.35 bits per heavy atom. The third-order valence-electron chi connectivity index (χ3n) is 3.49. The summed E-state index contributed by atoms with van der Waals surface area (Å²) >= 11 is 1.04. The molecule has 2 rings (SSSR count). The van der Waals surface area contributed by atoms with Crippen molar-refractivity contribution in [3.8, 4) is 0 Å². The molecule has 0 aromatic carbocycles. The van der Waals surface area contributed by atoms with Crippen LogP contribution in [0.1, 0.15) is 46.5 Å². The Balaban J connectivity index is 2.08. The summed E-state index contributed by atoms with van der Waals surface area (Å²) < 4.78 is 0. The maximum atomic E-state index is 12.3. The highest BCUT2D eigenvalue weighted by Crippen LogP contribution is 2.30. The normalized spacial score (nSPS) is 15.9. The zero-order chi connectivity index (χ0) is 14.9. The molecule has 1 aromatic heterocycles. The summed E-state index contributed by atoms with van der Waals surface area (Å²) in [5, 5.41) is 8.89. The van der Waals surface area contributed by atoms with Gasteiger partial charge in [-0.3, -0.25) is 4.79 Å². The summed E-state index contributed by atoms with van der Waals surface area (Å²) in [4.78, 5) is 25.6. The van der Waals surface area contributed by atoms with Gasteiger partial charge in [0.15, 0.2) is 0 Å². The number of nitrogens with zero attached hydrogens (tertiary/aromatic N) is 1. The third-order valence-corrected chi connectivity index (χ3v) is 4.55. The van der Waals surface area contributed by atoms with Gasteiger partial charge in [0.25, 0.3) is 5.91 Å². The molecule has 1 amide bonds. The molecule has 0 saturated carbocycles. The topological polar surface area (TPSA) is 57.6 Å². The number of amides is 1. The Morgan fingerprint density at radius 1 is 1.25 bits per heavy atom. The summed E-state index contributed by atoms with van der Waals surface area (Å²) in [6, 6.07) is 3.08. The first-order chi connectivity index (χ1) is 9.29. The molecule has 0 saturated heterocycles. The monoisotopic (exact) mass is 293 g/mol. The molecule has 108 valence electrons. The summed E-state index contributed by atoms with van der Waals surface area (Å²) in [7, 11) is 0. The Kier molecular flexibility index (Phi) is 3.99. The number of carboxylic acid groups (broad SMARTS) is 1. The van der Waals surface area contributed by atoms with Crippen molar-refractivity contribution in [2.45, 2.75) is 27.2 Å². The minimum Gasteiger partial charge on any atom is -0.477 e. The number of carbonyl (C=O) groups is 2. The number of rotatable bonds is 2. The minimum absolute atomic E-state index is 0.0771. The molecule has 0 fully saturated rings. The van der Waals surface area contributed by atoms with Crippen LogP contribution in [0.15, 0.2) is 23.8 Å². The maximum Gasteiger partial charge on any atom is 0.345 e. The van der Waals surface area contributed by atoms with Gasteiger partial charge in [-0.25, -0.2) is 4.79 Å². The fourth-order valence-corrected chi connectivity index (χ4v) is 3.07. The van der Waals surface area contributed by atoms with E-state index in [0.717, 1.165) is 17.8 Å². The molecule has 0 radical (unpaired) electrons. The molecular weight excluding hydrogens is 274 g/mol. The molecular formula is C15H19NO3S. The first kappa shape index (κ1) is 14.8. The second-order valence-electron chi connectivity index (χ2n) is 5.95. The molecule has 20 heavy (non-hydrogen) atoms. The Bertz CT molecular complexity index is 566. The maximum absolute atomic E-state index is 12.3. The number of hydrogen-bond acceptors (Lipinski definition) is 3. The number of hydrogen-bond donors (Lipinski definition) is 1. The van der Waals surface area contributed by atoms with Crippen molar-refractivity contribution in [2.75, 3.05) is 13.1 Å². The number of carboxylic acids is 1. The summed E-state index contributed by atoms with van der Waals surface area (Å²) in [5.74, 6) is -1.06. The van der Waals surface area contributed by atoms with Crippen LogP contribution in [0.3, 0.4) is 0 Å². The third kappa shape index (κ3) is 3.10. The van der Waals surface area contributed by atoms with Crippen molar-refractivity contribution in [1.82, 2.24) is 4.90 Å². The van der Waals surface area contributed by atoms with Crippen LogP contribution in [0.25, 0.3) is 0 Å². The highest BCUT2D eigenvalue weighted by molar-refractivity contribution is 7.15. The van der Waals surface area contributed by atoms with Gasteiger partial charge in [0.1, 0.15) is 4.88 Å². The Labute approximate surface area is 122 Å². The molecule has 2 heterocycles. The highest BCUT2D eigenvalue weighted by atomic mass is 32.1. The Hall–Kier alpha value is -1.62. The second kappa shape index (κ2) is 5.40. The van der Waals surface area contributed by atoms with Gasteiger partial charge in [0.2, 0.25) is 0 Å². The van der Waals surface area contributed by atoms with Gasteiger partial charge in [0.05, 0.1) is 4.88 Å². The molecule has 1 aromatic rings. The van der Waals surface area contributed by atoms with Crippen molar-refractivity contribution in [3.63, 3.8) is 0 Å². The van der Waals surface area contributed by atoms with E-state index in [1.165, 1.54) is 11.6 Å². The van der Waals surface area contributed by atoms with Crippen LogP contribution in [0.2, 0.25) is 0 Å². The quantitative estimate of drug-likeness (QED) is 0.851. The molecule has 1 aliphatic rings. The zero-order valence-corrected chi connectivity index (χ0v) is 12.8. The van der Waals surface area contributed by atoms with Gasteiger partial charge in [0, 0.05) is 13.1 Å². The molecule has 0 spiro atoms. The van der Waals surface area contributed by atoms with Crippen molar-refractivity contribution >= 4 is 23.2 Å². The number of thiophene rings is 1. The standard InChI is InChI=1S/C15H19NO3S/c1-15(2,3)10-6-8-16(9-7-10)13(17)11-4-5-12(20-11)14(18)19/h4-6H,7-9H2,1-3H3,(H,18,19). The van der Waals surface area contributed by atoms with Crippen LogP contribution in [-0.4, -0.2) is 35.0 Å². The number of carbonyl (C=O) groups excluding carboxylic acids is 1. The van der Waals surface area contributed by atoms with Gasteiger partial charge < -0.3 is 10.0 Å². The van der Waals surface area contributed by atoms with Crippen molar-refractivity contribution in [1.29, 1.82) is 0 Å². The average molecular weight is 293 g/mol. The largest absolute Gasteiger partial charge is 0.477 e. The van der Waals surface area contributed by atoms with Crippen molar-refractivity contribution in [3.05, 3.63) is 33.5 Å². The lowest BCUT2D eigenvalue weighted by Crippen LogP contribution is -2.36. The fraction of sp³-hybridized carbons (Fsp3) is 0.467. The van der Waals surface area contributed by atoms with Crippen molar-refractivity contribution < 1.29 is 14.7 Å². The predicted octanol–water partition coefficient (Wildman–Crippen LogP) is 3.26. The molecule has 0 unspecified atom stereocenters.